The summed E-state index contributed by atoms with van der Waals surface area (Å²) < 4.78 is 6.27. The van der Waals surface area contributed by atoms with Crippen molar-refractivity contribution in [3.05, 3.63) is 54.1 Å². The van der Waals surface area contributed by atoms with E-state index in [0.717, 1.165) is 51.4 Å². The van der Waals surface area contributed by atoms with E-state index in [1.54, 1.807) is 0 Å². The van der Waals surface area contributed by atoms with Crippen molar-refractivity contribution < 1.29 is 4.74 Å². The number of para-hydroxylation sites is 1. The van der Waals surface area contributed by atoms with Gasteiger partial charge in [0.05, 0.1) is 12.3 Å². The number of hydrogen-bond donors (Lipinski definition) is 0. The van der Waals surface area contributed by atoms with Gasteiger partial charge >= 0.3 is 0 Å². The van der Waals surface area contributed by atoms with Gasteiger partial charge in [-0.2, -0.15) is 0 Å². The number of benzene rings is 2. The van der Waals surface area contributed by atoms with E-state index in [0.29, 0.717) is 5.92 Å². The van der Waals surface area contributed by atoms with E-state index in [4.69, 9.17) is 4.74 Å². The van der Waals surface area contributed by atoms with E-state index in [1.165, 1.54) is 29.8 Å². The highest BCUT2D eigenvalue weighted by Crippen LogP contribution is 2.40. The molecule has 2 aromatic rings. The van der Waals surface area contributed by atoms with Gasteiger partial charge in [0.25, 0.3) is 0 Å². The predicted octanol–water partition coefficient (Wildman–Crippen LogP) is 5.78. The highest BCUT2D eigenvalue weighted by molar-refractivity contribution is 5.78. The van der Waals surface area contributed by atoms with Crippen molar-refractivity contribution in [1.82, 2.24) is 0 Å². The van der Waals surface area contributed by atoms with E-state index in [9.17, 15) is 0 Å². The van der Waals surface area contributed by atoms with Crippen molar-refractivity contribution in [3.63, 3.8) is 0 Å². The Morgan fingerprint density at radius 2 is 1.71 bits per heavy atom. The number of nitrogens with zero attached hydrogens (tertiary/aromatic N) is 2. The maximum Gasteiger partial charge on any atom is 0.144 e. The van der Waals surface area contributed by atoms with Crippen LogP contribution in [0.4, 0.5) is 11.4 Å². The summed E-state index contributed by atoms with van der Waals surface area (Å²) in [5.41, 5.74) is 4.04. The quantitative estimate of drug-likeness (QED) is 0.519. The Balaban J connectivity index is 1.88. The second-order valence-corrected chi connectivity index (χ2v) is 8.25. The second-order valence-electron chi connectivity index (χ2n) is 8.25. The molecule has 0 amide bonds. The van der Waals surface area contributed by atoms with E-state index in [-0.39, 0.29) is 0 Å². The van der Waals surface area contributed by atoms with Gasteiger partial charge in [0, 0.05) is 26.2 Å². The lowest BCUT2D eigenvalue weighted by molar-refractivity contribution is 0.271. The van der Waals surface area contributed by atoms with Crippen LogP contribution in [0, 0.1) is 5.92 Å². The highest BCUT2D eigenvalue weighted by Gasteiger charge is 2.23. The van der Waals surface area contributed by atoms with E-state index in [2.05, 4.69) is 79.1 Å². The van der Waals surface area contributed by atoms with Gasteiger partial charge in [-0.1, -0.05) is 57.2 Å². The Bertz CT molecular complexity index is 708. The summed E-state index contributed by atoms with van der Waals surface area (Å²) in [5.74, 6) is 1.58. The van der Waals surface area contributed by atoms with Gasteiger partial charge in [-0.25, -0.2) is 0 Å². The van der Waals surface area contributed by atoms with Crippen molar-refractivity contribution in [2.24, 2.45) is 5.92 Å². The molecular weight excluding hydrogens is 344 g/mol. The largest absolute Gasteiger partial charge is 0.491 e. The van der Waals surface area contributed by atoms with Crippen molar-refractivity contribution >= 4 is 11.4 Å². The van der Waals surface area contributed by atoms with Crippen LogP contribution in [0.25, 0.3) is 0 Å². The highest BCUT2D eigenvalue weighted by atomic mass is 16.5. The van der Waals surface area contributed by atoms with Crippen molar-refractivity contribution in [2.75, 3.05) is 42.6 Å². The molecule has 0 radical (unpaired) electrons. The fraction of sp³-hybridized carbons (Fsp3) is 0.520. The minimum Gasteiger partial charge on any atom is -0.491 e. The molecule has 1 fully saturated rings. The smallest absolute Gasteiger partial charge is 0.144 e. The Morgan fingerprint density at radius 1 is 0.964 bits per heavy atom. The maximum absolute atomic E-state index is 6.27. The van der Waals surface area contributed by atoms with Gasteiger partial charge in [0.15, 0.2) is 0 Å². The van der Waals surface area contributed by atoms with Crippen molar-refractivity contribution in [3.8, 4) is 5.75 Å². The number of hydrogen-bond acceptors (Lipinski definition) is 3. The lowest BCUT2D eigenvalue weighted by atomic mass is 10.1. The van der Waals surface area contributed by atoms with Crippen LogP contribution in [0.2, 0.25) is 0 Å². The van der Waals surface area contributed by atoms with Crippen LogP contribution in [-0.4, -0.2) is 32.8 Å². The molecule has 1 saturated heterocycles. The first-order chi connectivity index (χ1) is 13.7. The lowest BCUT2D eigenvalue weighted by Gasteiger charge is -2.32. The molecule has 1 aliphatic rings. The molecule has 0 spiro atoms. The predicted molar refractivity (Wildman–Crippen MR) is 121 cm³/mol. The molecule has 28 heavy (non-hydrogen) atoms. The van der Waals surface area contributed by atoms with Crippen LogP contribution >= 0.6 is 0 Å². The Morgan fingerprint density at radius 3 is 2.39 bits per heavy atom. The van der Waals surface area contributed by atoms with Gasteiger partial charge in [0.1, 0.15) is 11.4 Å². The molecule has 2 aromatic carbocycles. The normalized spacial score (nSPS) is 13.9. The first-order valence-electron chi connectivity index (χ1n) is 11.0. The topological polar surface area (TPSA) is 15.7 Å². The van der Waals surface area contributed by atoms with Crippen molar-refractivity contribution in [2.45, 2.75) is 46.5 Å². The monoisotopic (exact) mass is 380 g/mol. The first kappa shape index (κ1) is 20.6. The zero-order chi connectivity index (χ0) is 19.8. The van der Waals surface area contributed by atoms with Gasteiger partial charge in [-0.15, -0.1) is 0 Å². The third-order valence-corrected chi connectivity index (χ3v) is 5.32. The number of rotatable bonds is 10. The fourth-order valence-corrected chi connectivity index (χ4v) is 3.93. The van der Waals surface area contributed by atoms with Crippen LogP contribution in [-0.2, 0) is 6.42 Å². The average molecular weight is 381 g/mol. The maximum atomic E-state index is 6.27. The average Bonchev–Trinajstić information content (AvgIpc) is 3.24. The SMILES string of the molecule is CCCN(CCc1ccccc1)c1cccc(OCC(C)C)c1N1CCCC1. The summed E-state index contributed by atoms with van der Waals surface area (Å²) in [6, 6.07) is 17.4. The number of anilines is 2. The van der Waals surface area contributed by atoms with Crippen molar-refractivity contribution in [1.29, 1.82) is 0 Å². The molecule has 0 unspecified atom stereocenters. The molecule has 0 saturated carbocycles. The van der Waals surface area contributed by atoms with Crippen LogP contribution in [0.5, 0.6) is 5.75 Å². The molecule has 152 valence electrons. The van der Waals surface area contributed by atoms with Crippen LogP contribution in [0.3, 0.4) is 0 Å². The van der Waals surface area contributed by atoms with Crippen LogP contribution in [0.1, 0.15) is 45.6 Å². The minimum absolute atomic E-state index is 0.528. The van der Waals surface area contributed by atoms with E-state index < -0.39 is 0 Å². The standard InChI is InChI=1S/C25H36N2O/c1-4-16-26(19-15-22-11-6-5-7-12-22)23-13-10-14-24(28-20-21(2)3)25(23)27-17-8-9-18-27/h5-7,10-14,21H,4,8-9,15-20H2,1-3H3. The van der Waals surface area contributed by atoms with E-state index >= 15 is 0 Å². The summed E-state index contributed by atoms with van der Waals surface area (Å²) in [6.07, 6.45) is 4.76. The summed E-state index contributed by atoms with van der Waals surface area (Å²) >= 11 is 0. The molecule has 3 nitrogen and oxygen atoms in total. The molecule has 0 aromatic heterocycles. The Hall–Kier alpha value is -2.16. The third kappa shape index (κ3) is 5.43. The summed E-state index contributed by atoms with van der Waals surface area (Å²) in [5, 5.41) is 0. The summed E-state index contributed by atoms with van der Waals surface area (Å²) in [7, 11) is 0. The van der Waals surface area contributed by atoms with Gasteiger partial charge < -0.3 is 14.5 Å². The molecule has 1 aliphatic heterocycles. The molecule has 0 aliphatic carbocycles. The zero-order valence-corrected chi connectivity index (χ0v) is 17.9. The molecule has 3 heteroatoms. The summed E-state index contributed by atoms with van der Waals surface area (Å²) in [6.45, 7) is 11.8. The first-order valence-corrected chi connectivity index (χ1v) is 11.0. The Kier molecular flexibility index (Phi) is 7.64. The van der Waals surface area contributed by atoms with Crippen LogP contribution in [0.15, 0.2) is 48.5 Å². The van der Waals surface area contributed by atoms with Gasteiger partial charge in [-0.05, 0) is 49.3 Å². The van der Waals surface area contributed by atoms with Gasteiger partial charge in [0.2, 0.25) is 0 Å². The number of ether oxygens (including phenoxy) is 1. The molecular formula is C25H36N2O. The third-order valence-electron chi connectivity index (χ3n) is 5.32. The molecule has 0 N–H and O–H groups in total. The second kappa shape index (κ2) is 10.4. The fourth-order valence-electron chi connectivity index (χ4n) is 3.93. The molecule has 3 rings (SSSR count). The lowest BCUT2D eigenvalue weighted by Crippen LogP contribution is -2.30. The minimum atomic E-state index is 0.528. The van der Waals surface area contributed by atoms with Gasteiger partial charge in [-0.3, -0.25) is 0 Å². The Labute approximate surface area is 171 Å². The van der Waals surface area contributed by atoms with Crippen LogP contribution < -0.4 is 14.5 Å². The zero-order valence-electron chi connectivity index (χ0n) is 17.9. The summed E-state index contributed by atoms with van der Waals surface area (Å²) in [4.78, 5) is 5.10. The molecule has 0 bridgehead atoms. The molecule has 1 heterocycles. The molecule has 0 atom stereocenters. The van der Waals surface area contributed by atoms with E-state index in [1.807, 2.05) is 0 Å².